The van der Waals surface area contributed by atoms with E-state index in [1.165, 1.54) is 12.0 Å². The quantitative estimate of drug-likeness (QED) is 0.529. The van der Waals surface area contributed by atoms with E-state index in [0.29, 0.717) is 37.4 Å². The van der Waals surface area contributed by atoms with Crippen molar-refractivity contribution in [1.29, 1.82) is 10.5 Å². The molecular weight excluding hydrogens is 464 g/mol. The number of nitriles is 2. The number of hydrogen-bond donors (Lipinski definition) is 1. The van der Waals surface area contributed by atoms with Gasteiger partial charge in [0.2, 0.25) is 0 Å². The first kappa shape index (κ1) is 26.3. The lowest BCUT2D eigenvalue weighted by molar-refractivity contribution is 0.124. The van der Waals surface area contributed by atoms with E-state index in [1.54, 1.807) is 7.11 Å². The Bertz CT molecular complexity index is 1110. The zero-order valence-corrected chi connectivity index (χ0v) is 21.7. The van der Waals surface area contributed by atoms with Crippen LogP contribution in [0.4, 0.5) is 16.2 Å². The molecule has 8 heteroatoms. The second kappa shape index (κ2) is 12.5. The molecule has 0 saturated carbocycles. The van der Waals surface area contributed by atoms with Gasteiger partial charge in [-0.05, 0) is 61.1 Å². The van der Waals surface area contributed by atoms with Crippen LogP contribution >= 0.6 is 0 Å². The van der Waals surface area contributed by atoms with Crippen molar-refractivity contribution in [3.63, 3.8) is 0 Å². The molecule has 4 rings (SSSR count). The van der Waals surface area contributed by atoms with Crippen molar-refractivity contribution in [2.24, 2.45) is 5.41 Å². The predicted molar refractivity (Wildman–Crippen MR) is 144 cm³/mol. The van der Waals surface area contributed by atoms with Crippen LogP contribution in [-0.4, -0.2) is 62.2 Å². The van der Waals surface area contributed by atoms with Gasteiger partial charge in [-0.15, -0.1) is 0 Å². The topological polar surface area (TPSA) is 95.6 Å². The van der Waals surface area contributed by atoms with Gasteiger partial charge in [0.25, 0.3) is 0 Å². The molecule has 1 spiro atoms. The van der Waals surface area contributed by atoms with Crippen molar-refractivity contribution in [2.75, 3.05) is 56.6 Å². The van der Waals surface area contributed by atoms with E-state index in [1.807, 2.05) is 29.2 Å². The standard InChI is InChI=1S/C29H36N6O2/c1-37-27-7-3-2-6-26(27)32-28(36)35-20-13-29(14-21-35)12-19-33(23-29)22-24-8-10-25(11-9-24)34(17-4-15-30)18-5-16-31/h2-3,6-11H,4-5,12-14,17-23H2,1H3,(H,32,36). The fourth-order valence-corrected chi connectivity index (χ4v) is 5.51. The van der Waals surface area contributed by atoms with Crippen LogP contribution in [0, 0.1) is 28.1 Å². The zero-order valence-electron chi connectivity index (χ0n) is 21.7. The Morgan fingerprint density at radius 3 is 2.30 bits per heavy atom. The van der Waals surface area contributed by atoms with Gasteiger partial charge in [-0.2, -0.15) is 10.5 Å². The molecule has 2 aliphatic rings. The third-order valence-corrected chi connectivity index (χ3v) is 7.67. The minimum atomic E-state index is -0.0622. The second-order valence-electron chi connectivity index (χ2n) is 10.0. The van der Waals surface area contributed by atoms with Crippen molar-refractivity contribution in [3.05, 3.63) is 54.1 Å². The largest absolute Gasteiger partial charge is 0.495 e. The van der Waals surface area contributed by atoms with E-state index in [0.717, 1.165) is 51.3 Å². The van der Waals surface area contributed by atoms with Crippen molar-refractivity contribution in [3.8, 4) is 17.9 Å². The Hall–Kier alpha value is -3.75. The van der Waals surface area contributed by atoms with Gasteiger partial charge in [0, 0.05) is 45.0 Å². The van der Waals surface area contributed by atoms with Crippen LogP contribution in [-0.2, 0) is 6.54 Å². The molecule has 0 unspecified atom stereocenters. The van der Waals surface area contributed by atoms with E-state index in [-0.39, 0.29) is 11.4 Å². The minimum absolute atomic E-state index is 0.0622. The van der Waals surface area contributed by atoms with E-state index in [2.05, 4.69) is 51.5 Å². The summed E-state index contributed by atoms with van der Waals surface area (Å²) in [5, 5.41) is 20.9. The molecule has 2 saturated heterocycles. The summed E-state index contributed by atoms with van der Waals surface area (Å²) in [6, 6.07) is 20.4. The SMILES string of the molecule is COc1ccccc1NC(=O)N1CCC2(CCN(Cc3ccc(N(CCC#N)CCC#N)cc3)C2)CC1. The number of para-hydroxylation sites is 2. The van der Waals surface area contributed by atoms with Gasteiger partial charge in [0.15, 0.2) is 0 Å². The first-order valence-corrected chi connectivity index (χ1v) is 13.0. The number of nitrogens with one attached hydrogen (secondary N) is 1. The number of piperidine rings is 1. The van der Waals surface area contributed by atoms with E-state index >= 15 is 0 Å². The molecule has 2 aromatic rings. The Balaban J connectivity index is 1.27. The Morgan fingerprint density at radius 1 is 1.00 bits per heavy atom. The molecule has 2 amide bonds. The van der Waals surface area contributed by atoms with Crippen molar-refractivity contribution >= 4 is 17.4 Å². The molecule has 8 nitrogen and oxygen atoms in total. The third kappa shape index (κ3) is 6.72. The number of carbonyl (C=O) groups is 1. The molecule has 0 radical (unpaired) electrons. The minimum Gasteiger partial charge on any atom is -0.495 e. The highest BCUT2D eigenvalue weighted by molar-refractivity contribution is 5.91. The van der Waals surface area contributed by atoms with E-state index in [9.17, 15) is 4.79 Å². The van der Waals surface area contributed by atoms with Crippen LogP contribution in [0.15, 0.2) is 48.5 Å². The summed E-state index contributed by atoms with van der Waals surface area (Å²) in [5.41, 5.74) is 3.32. The fourth-order valence-electron chi connectivity index (χ4n) is 5.51. The molecule has 194 valence electrons. The predicted octanol–water partition coefficient (Wildman–Crippen LogP) is 4.85. The number of benzene rings is 2. The average molecular weight is 501 g/mol. The number of ether oxygens (including phenoxy) is 1. The summed E-state index contributed by atoms with van der Waals surface area (Å²) in [5.74, 6) is 0.667. The number of urea groups is 1. The number of amides is 2. The molecule has 2 heterocycles. The van der Waals surface area contributed by atoms with Gasteiger partial charge >= 0.3 is 6.03 Å². The molecule has 2 aromatic carbocycles. The number of carbonyl (C=O) groups excluding carboxylic acids is 1. The number of nitrogens with zero attached hydrogens (tertiary/aromatic N) is 5. The van der Waals surface area contributed by atoms with Gasteiger partial charge in [0.1, 0.15) is 5.75 Å². The van der Waals surface area contributed by atoms with Crippen LogP contribution in [0.25, 0.3) is 0 Å². The zero-order chi connectivity index (χ0) is 26.1. The molecule has 0 aliphatic carbocycles. The lowest BCUT2D eigenvalue weighted by atomic mass is 9.78. The Morgan fingerprint density at radius 2 is 1.65 bits per heavy atom. The van der Waals surface area contributed by atoms with E-state index < -0.39 is 0 Å². The number of hydrogen-bond acceptors (Lipinski definition) is 6. The number of methoxy groups -OCH3 is 1. The monoisotopic (exact) mass is 500 g/mol. The summed E-state index contributed by atoms with van der Waals surface area (Å²) in [6.07, 6.45) is 4.11. The molecule has 2 fully saturated rings. The van der Waals surface area contributed by atoms with Crippen LogP contribution in [0.2, 0.25) is 0 Å². The maximum absolute atomic E-state index is 12.8. The van der Waals surface area contributed by atoms with Gasteiger partial charge in [-0.1, -0.05) is 24.3 Å². The molecule has 37 heavy (non-hydrogen) atoms. The van der Waals surface area contributed by atoms with Crippen LogP contribution in [0.5, 0.6) is 5.75 Å². The van der Waals surface area contributed by atoms with Gasteiger partial charge in [0.05, 0.1) is 37.8 Å². The molecule has 0 aromatic heterocycles. The summed E-state index contributed by atoms with van der Waals surface area (Å²) in [4.78, 5) is 19.4. The van der Waals surface area contributed by atoms with Gasteiger partial charge in [-0.3, -0.25) is 4.90 Å². The lowest BCUT2D eigenvalue weighted by Gasteiger charge is -2.39. The summed E-state index contributed by atoms with van der Waals surface area (Å²) >= 11 is 0. The second-order valence-corrected chi connectivity index (χ2v) is 10.0. The highest BCUT2D eigenvalue weighted by Gasteiger charge is 2.41. The summed E-state index contributed by atoms with van der Waals surface area (Å²) < 4.78 is 5.36. The van der Waals surface area contributed by atoms with Gasteiger partial charge in [-0.25, -0.2) is 4.79 Å². The Kier molecular flexibility index (Phi) is 8.87. The van der Waals surface area contributed by atoms with E-state index in [4.69, 9.17) is 15.3 Å². The summed E-state index contributed by atoms with van der Waals surface area (Å²) in [6.45, 7) is 5.87. The molecule has 2 aliphatic heterocycles. The lowest BCUT2D eigenvalue weighted by Crippen LogP contribution is -2.45. The molecule has 1 N–H and O–H groups in total. The number of likely N-dealkylation sites (tertiary alicyclic amines) is 2. The average Bonchev–Trinajstić information content (AvgIpc) is 3.31. The molecular formula is C29H36N6O2. The van der Waals surface area contributed by atoms with Crippen molar-refractivity contribution in [2.45, 2.75) is 38.6 Å². The summed E-state index contributed by atoms with van der Waals surface area (Å²) in [7, 11) is 1.61. The highest BCUT2D eigenvalue weighted by atomic mass is 16.5. The van der Waals surface area contributed by atoms with Crippen molar-refractivity contribution < 1.29 is 9.53 Å². The van der Waals surface area contributed by atoms with Crippen LogP contribution < -0.4 is 15.0 Å². The maximum Gasteiger partial charge on any atom is 0.321 e. The number of rotatable bonds is 9. The first-order chi connectivity index (χ1) is 18.1. The normalized spacial score (nSPS) is 16.7. The maximum atomic E-state index is 12.8. The number of anilines is 2. The molecule has 0 bridgehead atoms. The van der Waals surface area contributed by atoms with Crippen LogP contribution in [0.3, 0.4) is 0 Å². The first-order valence-electron chi connectivity index (χ1n) is 13.0. The molecule has 0 atom stereocenters. The third-order valence-electron chi connectivity index (χ3n) is 7.67. The Labute approximate surface area is 220 Å². The van der Waals surface area contributed by atoms with Crippen LogP contribution in [0.1, 0.15) is 37.7 Å². The highest BCUT2D eigenvalue weighted by Crippen LogP contribution is 2.41. The fraction of sp³-hybridized carbons (Fsp3) is 0.483. The smallest absolute Gasteiger partial charge is 0.321 e. The van der Waals surface area contributed by atoms with Crippen molar-refractivity contribution in [1.82, 2.24) is 9.80 Å². The van der Waals surface area contributed by atoms with Gasteiger partial charge < -0.3 is 19.9 Å².